The minimum atomic E-state index is -0.859. The topological polar surface area (TPSA) is 204 Å². The molecule has 0 saturated carbocycles. The number of carbonyl (C=O) groups excluding carboxylic acids is 3. The van der Waals surface area contributed by atoms with E-state index in [-0.39, 0.29) is 44.2 Å². The number of ether oxygens (including phenoxy) is 3. The Bertz CT molecular complexity index is 1610. The molecule has 0 aliphatic heterocycles. The second kappa shape index (κ2) is 21.7. The first-order valence-corrected chi connectivity index (χ1v) is 16.8. The van der Waals surface area contributed by atoms with Crippen LogP contribution in [-0.4, -0.2) is 103 Å². The third-order valence-corrected chi connectivity index (χ3v) is 7.48. The number of rotatable bonds is 22. The molecule has 3 aromatic carbocycles. The molecular formula is C36H46N8O7. The minimum absolute atomic E-state index is 0.0790. The molecule has 0 aliphatic rings. The lowest BCUT2D eigenvalue weighted by atomic mass is 10.0. The maximum Gasteiger partial charge on any atom is 0.321 e. The molecule has 0 fully saturated rings. The Hall–Kier alpha value is -5.35. The smallest absolute Gasteiger partial charge is 0.321 e. The van der Waals surface area contributed by atoms with Crippen LogP contribution in [-0.2, 0) is 36.8 Å². The van der Waals surface area contributed by atoms with Gasteiger partial charge in [0.2, 0.25) is 5.91 Å². The Morgan fingerprint density at radius 2 is 1.41 bits per heavy atom. The highest BCUT2D eigenvalue weighted by molar-refractivity contribution is 5.98. The number of imide groups is 1. The van der Waals surface area contributed by atoms with E-state index < -0.39 is 24.0 Å². The number of hydrogen-bond acceptors (Lipinski definition) is 11. The van der Waals surface area contributed by atoms with Crippen molar-refractivity contribution >= 4 is 23.5 Å². The van der Waals surface area contributed by atoms with Gasteiger partial charge in [0.05, 0.1) is 58.4 Å². The van der Waals surface area contributed by atoms with Crippen molar-refractivity contribution in [3.63, 3.8) is 0 Å². The first-order valence-electron chi connectivity index (χ1n) is 16.8. The van der Waals surface area contributed by atoms with Crippen LogP contribution in [0.1, 0.15) is 12.0 Å². The predicted molar refractivity (Wildman–Crippen MR) is 191 cm³/mol. The summed E-state index contributed by atoms with van der Waals surface area (Å²) in [7, 11) is 0. The van der Waals surface area contributed by atoms with E-state index in [2.05, 4.69) is 31.6 Å². The highest BCUT2D eigenvalue weighted by Crippen LogP contribution is 2.16. The van der Waals surface area contributed by atoms with Crippen LogP contribution in [0, 0.1) is 0 Å². The summed E-state index contributed by atoms with van der Waals surface area (Å²) >= 11 is 0. The standard InChI is InChI=1S/C36H46N8O7/c37-31(15-16-39-36(48)41-35(47)32(40-29-9-5-2-6-10-29)25-27-11-13-30(45)14-12-27)34(46)38-17-19-49-21-23-51-24-22-50-20-18-44-26-33(42-43-44)28-7-3-1-4-8-28/h1-14,26,31-32,40,45H,15-25,37H2,(H,38,46)(H2,39,41,47,48)/t31-,32-/m0/s1. The van der Waals surface area contributed by atoms with Crippen molar-refractivity contribution in [2.24, 2.45) is 5.73 Å². The molecule has 51 heavy (non-hydrogen) atoms. The highest BCUT2D eigenvalue weighted by atomic mass is 16.5. The number of phenolic OH excluding ortho intramolecular Hbond substituents is 1. The number of hydrogen-bond donors (Lipinski definition) is 6. The van der Waals surface area contributed by atoms with Gasteiger partial charge < -0.3 is 41.0 Å². The van der Waals surface area contributed by atoms with Gasteiger partial charge in [0.15, 0.2) is 0 Å². The van der Waals surface area contributed by atoms with Gasteiger partial charge in [-0.1, -0.05) is 65.9 Å². The number of benzene rings is 3. The van der Waals surface area contributed by atoms with E-state index in [1.165, 1.54) is 12.1 Å². The molecule has 0 saturated heterocycles. The molecule has 4 aromatic rings. The van der Waals surface area contributed by atoms with Crippen molar-refractivity contribution in [2.45, 2.75) is 31.5 Å². The summed E-state index contributed by atoms with van der Waals surface area (Å²) in [6.45, 7) is 3.31. The van der Waals surface area contributed by atoms with Gasteiger partial charge in [-0.2, -0.15) is 0 Å². The largest absolute Gasteiger partial charge is 0.508 e. The monoisotopic (exact) mass is 702 g/mol. The lowest BCUT2D eigenvalue weighted by Crippen LogP contribution is -2.49. The quantitative estimate of drug-likeness (QED) is 0.0655. The molecule has 7 N–H and O–H groups in total. The lowest BCUT2D eigenvalue weighted by molar-refractivity contribution is -0.123. The fraction of sp³-hybridized carbons (Fsp3) is 0.361. The Morgan fingerprint density at radius 1 is 0.765 bits per heavy atom. The molecule has 1 heterocycles. The third-order valence-electron chi connectivity index (χ3n) is 7.48. The SMILES string of the molecule is N[C@@H](CCNC(=O)NC(=O)[C@H](Cc1ccc(O)cc1)Nc1ccccc1)C(=O)NCCOCCOCCOCCn1cc(-c2ccccc2)nn1. The number of anilines is 1. The van der Waals surface area contributed by atoms with Gasteiger partial charge >= 0.3 is 6.03 Å². The number of phenols is 1. The zero-order chi connectivity index (χ0) is 36.1. The van der Waals surface area contributed by atoms with Crippen LogP contribution >= 0.6 is 0 Å². The van der Waals surface area contributed by atoms with Gasteiger partial charge in [-0.3, -0.25) is 14.9 Å². The number of carbonyl (C=O) groups is 3. The number of nitrogens with zero attached hydrogens (tertiary/aromatic N) is 3. The lowest BCUT2D eigenvalue weighted by Gasteiger charge is -2.20. The van der Waals surface area contributed by atoms with Gasteiger partial charge in [-0.05, 0) is 36.2 Å². The van der Waals surface area contributed by atoms with Crippen molar-refractivity contribution in [3.8, 4) is 17.0 Å². The van der Waals surface area contributed by atoms with Gasteiger partial charge in [-0.25, -0.2) is 9.48 Å². The molecule has 1 aromatic heterocycles. The number of aromatic nitrogens is 3. The molecule has 4 amide bonds. The Balaban J connectivity index is 0.994. The normalized spacial score (nSPS) is 12.1. The molecule has 272 valence electrons. The molecule has 0 aliphatic carbocycles. The average molecular weight is 703 g/mol. The molecular weight excluding hydrogens is 656 g/mol. The fourth-order valence-corrected chi connectivity index (χ4v) is 4.75. The summed E-state index contributed by atoms with van der Waals surface area (Å²) in [4.78, 5) is 37.8. The summed E-state index contributed by atoms with van der Waals surface area (Å²) in [5.74, 6) is -0.805. The van der Waals surface area contributed by atoms with Gasteiger partial charge in [0.1, 0.15) is 17.5 Å². The van der Waals surface area contributed by atoms with Crippen LogP contribution in [0.2, 0.25) is 0 Å². The molecule has 15 nitrogen and oxygen atoms in total. The number of amides is 4. The van der Waals surface area contributed by atoms with E-state index in [1.54, 1.807) is 16.8 Å². The summed E-state index contributed by atoms with van der Waals surface area (Å²) in [5.41, 5.74) is 9.30. The highest BCUT2D eigenvalue weighted by Gasteiger charge is 2.22. The zero-order valence-corrected chi connectivity index (χ0v) is 28.4. The fourth-order valence-electron chi connectivity index (χ4n) is 4.75. The van der Waals surface area contributed by atoms with E-state index in [4.69, 9.17) is 19.9 Å². The second-order valence-electron chi connectivity index (χ2n) is 11.4. The number of aromatic hydroxyl groups is 1. The van der Waals surface area contributed by atoms with Crippen LogP contribution in [0.5, 0.6) is 5.75 Å². The van der Waals surface area contributed by atoms with E-state index in [1.807, 2.05) is 66.9 Å². The third kappa shape index (κ3) is 14.6. The van der Waals surface area contributed by atoms with Crippen LogP contribution in [0.3, 0.4) is 0 Å². The second-order valence-corrected chi connectivity index (χ2v) is 11.4. The van der Waals surface area contributed by atoms with E-state index in [9.17, 15) is 19.5 Å². The van der Waals surface area contributed by atoms with Crippen molar-refractivity contribution in [3.05, 3.63) is 96.7 Å². The number of nitrogens with two attached hydrogens (primary N) is 1. The number of urea groups is 1. The first kappa shape index (κ1) is 38.5. The van der Waals surface area contributed by atoms with E-state index in [0.717, 1.165) is 16.8 Å². The molecule has 0 radical (unpaired) electrons. The molecule has 15 heteroatoms. The van der Waals surface area contributed by atoms with Gasteiger partial charge in [0, 0.05) is 30.8 Å². The minimum Gasteiger partial charge on any atom is -0.508 e. The maximum atomic E-state index is 13.0. The van der Waals surface area contributed by atoms with Crippen LogP contribution in [0.15, 0.2) is 91.1 Å². The number of nitrogens with one attached hydrogen (secondary N) is 4. The van der Waals surface area contributed by atoms with Crippen LogP contribution in [0.4, 0.5) is 10.5 Å². The van der Waals surface area contributed by atoms with Crippen LogP contribution < -0.4 is 27.0 Å². The van der Waals surface area contributed by atoms with Gasteiger partial charge in [0.25, 0.3) is 5.91 Å². The Kier molecular flexibility index (Phi) is 16.3. The number of para-hydroxylation sites is 1. The van der Waals surface area contributed by atoms with E-state index in [0.29, 0.717) is 45.3 Å². The molecule has 0 spiro atoms. The molecule has 2 atom stereocenters. The van der Waals surface area contributed by atoms with Crippen molar-refractivity contribution in [2.75, 3.05) is 58.0 Å². The first-order chi connectivity index (χ1) is 24.9. The Labute approximate surface area is 296 Å². The van der Waals surface area contributed by atoms with Crippen LogP contribution in [0.25, 0.3) is 11.3 Å². The van der Waals surface area contributed by atoms with Crippen molar-refractivity contribution < 1.29 is 33.7 Å². The summed E-state index contributed by atoms with van der Waals surface area (Å²) in [6, 6.07) is 23.1. The van der Waals surface area contributed by atoms with Crippen molar-refractivity contribution in [1.82, 2.24) is 30.9 Å². The molecule has 0 unspecified atom stereocenters. The summed E-state index contributed by atoms with van der Waals surface area (Å²) in [6.07, 6.45) is 2.32. The average Bonchev–Trinajstić information content (AvgIpc) is 3.62. The summed E-state index contributed by atoms with van der Waals surface area (Å²) < 4.78 is 18.3. The Morgan fingerprint density at radius 3 is 2.12 bits per heavy atom. The van der Waals surface area contributed by atoms with Gasteiger partial charge in [-0.15, -0.1) is 5.10 Å². The predicted octanol–water partition coefficient (Wildman–Crippen LogP) is 2.08. The summed E-state index contributed by atoms with van der Waals surface area (Å²) in [5, 5.41) is 28.6. The molecule has 0 bridgehead atoms. The maximum absolute atomic E-state index is 13.0. The molecule has 4 rings (SSSR count). The van der Waals surface area contributed by atoms with E-state index >= 15 is 0 Å². The zero-order valence-electron chi connectivity index (χ0n) is 28.4. The van der Waals surface area contributed by atoms with Crippen molar-refractivity contribution in [1.29, 1.82) is 0 Å².